The van der Waals surface area contributed by atoms with Crippen molar-refractivity contribution in [1.29, 1.82) is 0 Å². The van der Waals surface area contributed by atoms with Crippen LogP contribution in [0.4, 0.5) is 5.69 Å². The van der Waals surface area contributed by atoms with Gasteiger partial charge in [-0.25, -0.2) is 0 Å². The molecule has 0 spiro atoms. The van der Waals surface area contributed by atoms with E-state index in [-0.39, 0.29) is 5.78 Å². The van der Waals surface area contributed by atoms with Crippen LogP contribution in [-0.4, -0.2) is 32.5 Å². The molecule has 3 aromatic carbocycles. The van der Waals surface area contributed by atoms with Crippen molar-refractivity contribution in [3.63, 3.8) is 0 Å². The quantitative estimate of drug-likeness (QED) is 0.259. The van der Waals surface area contributed by atoms with Crippen molar-refractivity contribution < 1.29 is 9.53 Å². The van der Waals surface area contributed by atoms with Gasteiger partial charge in [0, 0.05) is 30.8 Å². The van der Waals surface area contributed by atoms with Crippen molar-refractivity contribution in [1.82, 2.24) is 5.32 Å². The number of Topliss-reactive ketones (excluding diaryl/α,β-unsaturated/α-hetero) is 1. The Morgan fingerprint density at radius 2 is 1.74 bits per heavy atom. The second-order valence-electron chi connectivity index (χ2n) is 9.05. The Balaban J connectivity index is 1.14. The number of carbonyl (C=O) groups excluding carboxylic acids is 1. The zero-order chi connectivity index (χ0) is 23.6. The first kappa shape index (κ1) is 24.0. The molecule has 1 N–H and O–H groups in total. The highest BCUT2D eigenvalue weighted by molar-refractivity contribution is 5.96. The fourth-order valence-electron chi connectivity index (χ4n) is 4.73. The van der Waals surface area contributed by atoms with Gasteiger partial charge in [0.15, 0.2) is 5.78 Å². The smallest absolute Gasteiger partial charge is 0.162 e. The van der Waals surface area contributed by atoms with E-state index in [2.05, 4.69) is 64.8 Å². The molecule has 0 unspecified atom stereocenters. The second kappa shape index (κ2) is 12.4. The number of anilines is 1. The number of carbonyl (C=O) groups is 1. The molecule has 0 amide bonds. The van der Waals surface area contributed by atoms with E-state index in [1.165, 1.54) is 22.4 Å². The highest BCUT2D eigenvalue weighted by Crippen LogP contribution is 2.30. The zero-order valence-electron chi connectivity index (χ0n) is 20.3. The predicted molar refractivity (Wildman–Crippen MR) is 140 cm³/mol. The van der Waals surface area contributed by atoms with Gasteiger partial charge in [-0.3, -0.25) is 4.79 Å². The maximum atomic E-state index is 12.7. The summed E-state index contributed by atoms with van der Waals surface area (Å²) in [6.07, 6.45) is 5.68. The van der Waals surface area contributed by atoms with Crippen LogP contribution in [0.5, 0.6) is 5.75 Å². The highest BCUT2D eigenvalue weighted by Gasteiger charge is 2.20. The van der Waals surface area contributed by atoms with Crippen LogP contribution in [0.15, 0.2) is 72.8 Å². The molecule has 0 aromatic heterocycles. The molecule has 0 saturated carbocycles. The molecule has 1 aliphatic heterocycles. The summed E-state index contributed by atoms with van der Waals surface area (Å²) >= 11 is 0. The lowest BCUT2D eigenvalue weighted by molar-refractivity contribution is 0.0979. The maximum Gasteiger partial charge on any atom is 0.162 e. The average Bonchev–Trinajstić information content (AvgIpc) is 3.28. The molecular formula is C30H36N2O2. The number of hydrogen-bond donors (Lipinski definition) is 1. The average molecular weight is 457 g/mol. The van der Waals surface area contributed by atoms with Crippen LogP contribution in [-0.2, 0) is 19.4 Å². The monoisotopic (exact) mass is 456 g/mol. The summed E-state index contributed by atoms with van der Waals surface area (Å²) in [6, 6.07) is 25.1. The van der Waals surface area contributed by atoms with Crippen LogP contribution >= 0.6 is 0 Å². The summed E-state index contributed by atoms with van der Waals surface area (Å²) in [5.41, 5.74) is 6.03. The molecule has 4 nitrogen and oxygen atoms in total. The number of nitrogens with one attached hydrogen (secondary N) is 1. The third kappa shape index (κ3) is 6.48. The van der Waals surface area contributed by atoms with Gasteiger partial charge in [0.25, 0.3) is 0 Å². The number of rotatable bonds is 13. The number of hydrogen-bond acceptors (Lipinski definition) is 4. The molecule has 3 aromatic rings. The van der Waals surface area contributed by atoms with Crippen molar-refractivity contribution in [2.45, 2.75) is 45.1 Å². The lowest BCUT2D eigenvalue weighted by Crippen LogP contribution is -2.19. The van der Waals surface area contributed by atoms with Gasteiger partial charge in [0.2, 0.25) is 0 Å². The zero-order valence-corrected chi connectivity index (χ0v) is 20.3. The van der Waals surface area contributed by atoms with Crippen LogP contribution in [0.25, 0.3) is 0 Å². The van der Waals surface area contributed by atoms with E-state index in [1.54, 1.807) is 7.11 Å². The number of ether oxygens (including phenoxy) is 1. The number of methoxy groups -OCH3 is 1. The fraction of sp³-hybridized carbons (Fsp3) is 0.367. The molecule has 178 valence electrons. The molecule has 1 heterocycles. The van der Waals surface area contributed by atoms with Crippen molar-refractivity contribution in [2.24, 2.45) is 0 Å². The van der Waals surface area contributed by atoms with E-state index in [9.17, 15) is 4.79 Å². The van der Waals surface area contributed by atoms with E-state index in [1.807, 2.05) is 18.2 Å². The van der Waals surface area contributed by atoms with Gasteiger partial charge < -0.3 is 15.0 Å². The third-order valence-corrected chi connectivity index (χ3v) is 6.61. The maximum absolute atomic E-state index is 12.7. The SMILES string of the molecule is COc1ccccc1CCCNCCCCC(=O)c1ccc2c(c1)CCN2Cc1ccccc1. The Kier molecular flexibility index (Phi) is 8.75. The molecule has 34 heavy (non-hydrogen) atoms. The minimum absolute atomic E-state index is 0.264. The number of unbranched alkanes of at least 4 members (excludes halogenated alkanes) is 1. The Labute approximate surface area is 204 Å². The van der Waals surface area contributed by atoms with Crippen molar-refractivity contribution in [2.75, 3.05) is 31.6 Å². The lowest BCUT2D eigenvalue weighted by Gasteiger charge is -2.19. The van der Waals surface area contributed by atoms with Crippen LogP contribution in [0.3, 0.4) is 0 Å². The molecule has 0 bridgehead atoms. The minimum atomic E-state index is 0.264. The summed E-state index contributed by atoms with van der Waals surface area (Å²) < 4.78 is 5.41. The number of aryl methyl sites for hydroxylation is 1. The largest absolute Gasteiger partial charge is 0.496 e. The molecule has 4 rings (SSSR count). The van der Waals surface area contributed by atoms with Crippen molar-refractivity contribution in [3.05, 3.63) is 95.1 Å². The predicted octanol–water partition coefficient (Wildman–Crippen LogP) is 5.83. The van der Waals surface area contributed by atoms with E-state index in [4.69, 9.17) is 4.74 Å². The summed E-state index contributed by atoms with van der Waals surface area (Å²) in [4.78, 5) is 15.1. The second-order valence-corrected chi connectivity index (χ2v) is 9.05. The van der Waals surface area contributed by atoms with Gasteiger partial charge in [-0.1, -0.05) is 48.5 Å². The number of para-hydroxylation sites is 1. The standard InChI is InChI=1S/C30H36N2O2/c1-34-30-15-6-5-12-25(30)13-9-20-31-19-8-7-14-29(33)27-16-17-28-26(22-27)18-21-32(28)23-24-10-3-2-4-11-24/h2-6,10-12,15-17,22,31H,7-9,13-14,18-21,23H2,1H3. The van der Waals surface area contributed by atoms with E-state index < -0.39 is 0 Å². The van der Waals surface area contributed by atoms with Gasteiger partial charge in [-0.15, -0.1) is 0 Å². The Morgan fingerprint density at radius 1 is 0.941 bits per heavy atom. The van der Waals surface area contributed by atoms with Gasteiger partial charge in [0.1, 0.15) is 5.75 Å². The number of benzene rings is 3. The van der Waals surface area contributed by atoms with E-state index in [0.29, 0.717) is 6.42 Å². The molecule has 0 atom stereocenters. The summed E-state index contributed by atoms with van der Waals surface area (Å²) in [5, 5.41) is 3.51. The first-order chi connectivity index (χ1) is 16.7. The minimum Gasteiger partial charge on any atom is -0.496 e. The van der Waals surface area contributed by atoms with E-state index >= 15 is 0 Å². The van der Waals surface area contributed by atoms with Crippen molar-refractivity contribution in [3.8, 4) is 5.75 Å². The molecule has 0 fully saturated rings. The molecule has 1 aliphatic rings. The van der Waals surface area contributed by atoms with Crippen LogP contribution in [0.2, 0.25) is 0 Å². The first-order valence-corrected chi connectivity index (χ1v) is 12.5. The number of ketones is 1. The third-order valence-electron chi connectivity index (χ3n) is 6.61. The molecule has 0 radical (unpaired) electrons. The summed E-state index contributed by atoms with van der Waals surface area (Å²) in [6.45, 7) is 3.88. The van der Waals surface area contributed by atoms with Gasteiger partial charge in [-0.2, -0.15) is 0 Å². The topological polar surface area (TPSA) is 41.6 Å². The summed E-state index contributed by atoms with van der Waals surface area (Å²) in [5.74, 6) is 1.23. The Hall–Kier alpha value is -3.11. The highest BCUT2D eigenvalue weighted by atomic mass is 16.5. The van der Waals surface area contributed by atoms with Gasteiger partial charge >= 0.3 is 0 Å². The van der Waals surface area contributed by atoms with E-state index in [0.717, 1.165) is 69.6 Å². The molecule has 4 heteroatoms. The number of fused-ring (bicyclic) bond motifs is 1. The van der Waals surface area contributed by atoms with Crippen LogP contribution in [0.1, 0.15) is 52.7 Å². The molecular weight excluding hydrogens is 420 g/mol. The van der Waals surface area contributed by atoms with Crippen molar-refractivity contribution >= 4 is 11.5 Å². The Bertz CT molecular complexity index is 1060. The number of nitrogens with zero attached hydrogens (tertiary/aromatic N) is 1. The van der Waals surface area contributed by atoms with Gasteiger partial charge in [-0.05, 0) is 86.1 Å². The first-order valence-electron chi connectivity index (χ1n) is 12.5. The molecule has 0 saturated heterocycles. The van der Waals surface area contributed by atoms with Crippen LogP contribution < -0.4 is 15.0 Å². The Morgan fingerprint density at radius 3 is 2.59 bits per heavy atom. The lowest BCUT2D eigenvalue weighted by atomic mass is 10.0. The molecule has 0 aliphatic carbocycles. The fourth-order valence-corrected chi connectivity index (χ4v) is 4.73. The van der Waals surface area contributed by atoms with Gasteiger partial charge in [0.05, 0.1) is 7.11 Å². The normalized spacial score (nSPS) is 12.6. The summed E-state index contributed by atoms with van der Waals surface area (Å²) in [7, 11) is 1.72. The van der Waals surface area contributed by atoms with Crippen LogP contribution in [0, 0.1) is 0 Å².